The van der Waals surface area contributed by atoms with Crippen LogP contribution < -0.4 is 0 Å². The lowest BCUT2D eigenvalue weighted by Crippen LogP contribution is -2.57. The summed E-state index contributed by atoms with van der Waals surface area (Å²) in [5, 5.41) is 43.3. The highest BCUT2D eigenvalue weighted by Crippen LogP contribution is 2.30. The quantitative estimate of drug-likeness (QED) is 0.127. The summed E-state index contributed by atoms with van der Waals surface area (Å²) in [6.45, 7) is -0.624. The van der Waals surface area contributed by atoms with Gasteiger partial charge in [-0.25, -0.2) is 4.28 Å². The Hall–Kier alpha value is -0.580. The van der Waals surface area contributed by atoms with Gasteiger partial charge < -0.3 is 25.2 Å². The zero-order chi connectivity index (χ0) is 19.9. The van der Waals surface area contributed by atoms with Gasteiger partial charge in [-0.3, -0.25) is 8.76 Å². The average Bonchev–Trinajstić information content (AvgIpc) is 2.55. The molecule has 0 aromatic heterocycles. The van der Waals surface area contributed by atoms with Gasteiger partial charge in [-0.15, -0.1) is 0 Å². The summed E-state index contributed by atoms with van der Waals surface area (Å²) < 4.78 is 50.2. The van der Waals surface area contributed by atoms with Crippen LogP contribution in [0.2, 0.25) is 0 Å². The Kier molecular flexibility index (Phi) is 9.63. The van der Waals surface area contributed by atoms with Crippen LogP contribution in [-0.4, -0.2) is 85.4 Å². The highest BCUT2D eigenvalue weighted by molar-refractivity contribution is 8.14. The second-order valence-corrected chi connectivity index (χ2v) is 8.66. The second kappa shape index (κ2) is 10.7. The maximum absolute atomic E-state index is 11.0. The number of aliphatic hydroxyl groups is 4. The summed E-state index contributed by atoms with van der Waals surface area (Å²) in [4.78, 5) is 0. The molecule has 0 aliphatic carbocycles. The van der Waals surface area contributed by atoms with Gasteiger partial charge in [0.05, 0.1) is 6.61 Å². The van der Waals surface area contributed by atoms with E-state index >= 15 is 0 Å². The van der Waals surface area contributed by atoms with E-state index in [0.717, 1.165) is 0 Å². The molecule has 1 aliphatic rings. The Morgan fingerprint density at radius 1 is 1.31 bits per heavy atom. The number of ether oxygens (including phenoxy) is 1. The molecule has 0 aromatic rings. The zero-order valence-electron chi connectivity index (χ0n) is 13.6. The summed E-state index contributed by atoms with van der Waals surface area (Å²) in [5.74, 6) is 0. The molecule has 1 fully saturated rings. The minimum absolute atomic E-state index is 0.0292. The molecule has 5 N–H and O–H groups in total. The normalized spacial score (nSPS) is 31.9. The van der Waals surface area contributed by atoms with Gasteiger partial charge in [0.25, 0.3) is 0 Å². The molecule has 152 valence electrons. The van der Waals surface area contributed by atoms with E-state index in [1.54, 1.807) is 6.08 Å². The molecule has 0 radical (unpaired) electrons. The number of allylic oxidation sites excluding steroid dienone is 1. The minimum atomic E-state index is -4.85. The maximum Gasteiger partial charge on any atom is 0.466 e. The van der Waals surface area contributed by atoms with E-state index in [9.17, 15) is 27.9 Å². The van der Waals surface area contributed by atoms with Crippen LogP contribution >= 0.6 is 11.8 Å². The molecule has 1 aliphatic heterocycles. The van der Waals surface area contributed by atoms with Crippen molar-refractivity contribution in [2.24, 2.45) is 5.16 Å². The van der Waals surface area contributed by atoms with Crippen molar-refractivity contribution in [1.82, 2.24) is 0 Å². The van der Waals surface area contributed by atoms with Gasteiger partial charge in [0, 0.05) is 23.5 Å². The van der Waals surface area contributed by atoms with Gasteiger partial charge in [-0.1, -0.05) is 23.0 Å². The van der Waals surface area contributed by atoms with Crippen LogP contribution in [0, 0.1) is 0 Å². The predicted octanol–water partition coefficient (Wildman–Crippen LogP) is -1.68. The first kappa shape index (κ1) is 23.5. The fourth-order valence-electron chi connectivity index (χ4n) is 1.92. The number of nitrogens with zero attached hydrogens (tertiary/aromatic N) is 1. The van der Waals surface area contributed by atoms with E-state index in [1.165, 1.54) is 11.7 Å². The number of hydrogen-bond acceptors (Lipinski definition) is 11. The Labute approximate surface area is 157 Å². The summed E-state index contributed by atoms with van der Waals surface area (Å²) in [6, 6.07) is 0. The Morgan fingerprint density at radius 3 is 2.50 bits per heavy atom. The molecule has 1 rings (SSSR count). The molecule has 0 amide bonds. The lowest BCUT2D eigenvalue weighted by molar-refractivity contribution is -0.205. The molecule has 2 unspecified atom stereocenters. The molecular weight excluding hydrogens is 414 g/mol. The molecule has 0 aromatic carbocycles. The number of aliphatic hydroxyl groups excluding tert-OH is 4. The van der Waals surface area contributed by atoms with Gasteiger partial charge in [0.1, 0.15) is 34.9 Å². The fourth-order valence-corrected chi connectivity index (χ4v) is 3.65. The van der Waals surface area contributed by atoms with E-state index in [0.29, 0.717) is 11.8 Å². The summed E-state index contributed by atoms with van der Waals surface area (Å²) in [5.41, 5.74) is -1.20. The van der Waals surface area contributed by atoms with Crippen LogP contribution in [0.5, 0.6) is 0 Å². The first-order chi connectivity index (χ1) is 12.0. The number of rotatable bonds is 8. The first-order valence-corrected chi connectivity index (χ1v) is 11.1. The Bertz CT molecular complexity index is 635. The molecule has 0 saturated carbocycles. The highest BCUT2D eigenvalue weighted by atomic mass is 32.3. The third kappa shape index (κ3) is 7.98. The molecule has 14 heteroatoms. The van der Waals surface area contributed by atoms with Gasteiger partial charge >= 0.3 is 10.4 Å². The third-order valence-corrected chi connectivity index (χ3v) is 5.16. The molecule has 1 heterocycles. The van der Waals surface area contributed by atoms with Crippen molar-refractivity contribution < 1.29 is 46.6 Å². The standard InChI is InChI=1S/C12H21NO10S3/c1-25(18)5-3-2-4-8(13-23-26(19,20)21)24-12-11(17)10(16)9(15)7(6-14)22-12/h3,5,7,9-12,14-17H,2,4,6H2,1H3,(H,19,20,21)/b5-3+,13-8-/t7?,9-,10-,11?,12-,25-/m0/s1. The second-order valence-electron chi connectivity index (χ2n) is 5.21. The fraction of sp³-hybridized carbons (Fsp3) is 0.750. The van der Waals surface area contributed by atoms with E-state index < -0.39 is 57.7 Å². The van der Waals surface area contributed by atoms with Crippen molar-refractivity contribution in [3.63, 3.8) is 0 Å². The van der Waals surface area contributed by atoms with Crippen molar-refractivity contribution in [2.45, 2.75) is 42.7 Å². The van der Waals surface area contributed by atoms with Crippen molar-refractivity contribution in [3.8, 4) is 0 Å². The summed E-state index contributed by atoms with van der Waals surface area (Å²) in [6.07, 6.45) is -2.50. The van der Waals surface area contributed by atoms with E-state index in [4.69, 9.17) is 14.4 Å². The minimum Gasteiger partial charge on any atom is -0.394 e. The Balaban J connectivity index is 2.87. The van der Waals surface area contributed by atoms with Gasteiger partial charge in [-0.2, -0.15) is 8.42 Å². The molecule has 0 spiro atoms. The van der Waals surface area contributed by atoms with Gasteiger partial charge in [-0.05, 0) is 11.8 Å². The van der Waals surface area contributed by atoms with Crippen molar-refractivity contribution >= 4 is 38.0 Å². The number of thioether (sulfide) groups is 1. The van der Waals surface area contributed by atoms with E-state index in [2.05, 4.69) is 9.44 Å². The molecular formula is C12H21NO10S3. The largest absolute Gasteiger partial charge is 0.466 e. The lowest BCUT2D eigenvalue weighted by Gasteiger charge is -2.39. The van der Waals surface area contributed by atoms with Gasteiger partial charge in [0.15, 0.2) is 0 Å². The summed E-state index contributed by atoms with van der Waals surface area (Å²) in [7, 11) is -6.03. The highest BCUT2D eigenvalue weighted by Gasteiger charge is 2.44. The molecule has 6 atom stereocenters. The molecule has 11 nitrogen and oxygen atoms in total. The average molecular weight is 435 g/mol. The third-order valence-electron chi connectivity index (χ3n) is 3.15. The van der Waals surface area contributed by atoms with Crippen LogP contribution in [-0.2, 0) is 30.2 Å². The Morgan fingerprint density at radius 2 is 1.96 bits per heavy atom. The van der Waals surface area contributed by atoms with Crippen LogP contribution in [0.15, 0.2) is 16.6 Å². The first-order valence-electron chi connectivity index (χ1n) is 7.24. The maximum atomic E-state index is 11.0. The summed E-state index contributed by atoms with van der Waals surface area (Å²) >= 11 is 0.683. The smallest absolute Gasteiger partial charge is 0.394 e. The SMILES string of the molecule is C[S@](=O)/C=C/CC/C(=N/OS(=O)(=O)O)S[C@@H]1OC(CO)[C@H](O)[C@H](O)C1O. The lowest BCUT2D eigenvalue weighted by atomic mass is 10.0. The van der Waals surface area contributed by atoms with Crippen LogP contribution in [0.25, 0.3) is 0 Å². The topological polar surface area (TPSA) is 183 Å². The van der Waals surface area contributed by atoms with Crippen LogP contribution in [0.3, 0.4) is 0 Å². The molecule has 0 bridgehead atoms. The number of oxime groups is 1. The van der Waals surface area contributed by atoms with E-state index in [1.807, 2.05) is 0 Å². The van der Waals surface area contributed by atoms with E-state index in [-0.39, 0.29) is 17.9 Å². The number of hydrogen-bond donors (Lipinski definition) is 5. The molecule has 26 heavy (non-hydrogen) atoms. The van der Waals surface area contributed by atoms with Crippen molar-refractivity contribution in [1.29, 1.82) is 0 Å². The van der Waals surface area contributed by atoms with Crippen LogP contribution in [0.1, 0.15) is 12.8 Å². The zero-order valence-corrected chi connectivity index (χ0v) is 16.1. The predicted molar refractivity (Wildman–Crippen MR) is 93.9 cm³/mol. The van der Waals surface area contributed by atoms with Crippen molar-refractivity contribution in [3.05, 3.63) is 11.5 Å². The van der Waals surface area contributed by atoms with Crippen molar-refractivity contribution in [2.75, 3.05) is 12.9 Å². The monoisotopic (exact) mass is 435 g/mol. The van der Waals surface area contributed by atoms with Crippen LogP contribution in [0.4, 0.5) is 0 Å². The van der Waals surface area contributed by atoms with Gasteiger partial charge in [0.2, 0.25) is 0 Å². The molecule has 1 saturated heterocycles.